The van der Waals surface area contributed by atoms with Crippen molar-refractivity contribution in [2.75, 3.05) is 33.2 Å². The summed E-state index contributed by atoms with van der Waals surface area (Å²) in [7, 11) is 2.20. The summed E-state index contributed by atoms with van der Waals surface area (Å²) in [4.78, 5) is 14.0. The number of rotatable bonds is 8. The van der Waals surface area contributed by atoms with E-state index in [0.29, 0.717) is 12.0 Å². The van der Waals surface area contributed by atoms with Gasteiger partial charge in [-0.15, -0.1) is 24.0 Å². The van der Waals surface area contributed by atoms with Gasteiger partial charge in [0.15, 0.2) is 5.96 Å². The fourth-order valence-electron chi connectivity index (χ4n) is 3.81. The van der Waals surface area contributed by atoms with Gasteiger partial charge in [-0.3, -0.25) is 15.0 Å². The molecule has 1 atom stereocenters. The molecule has 30 heavy (non-hydrogen) atoms. The summed E-state index contributed by atoms with van der Waals surface area (Å²) in [5.41, 5.74) is 1.35. The molecule has 0 bridgehead atoms. The maximum absolute atomic E-state index is 4.92. The lowest BCUT2D eigenvalue weighted by molar-refractivity contribution is 0.240. The molecule has 1 aromatic heterocycles. The number of H-pyrrole nitrogens is 1. The van der Waals surface area contributed by atoms with Gasteiger partial charge < -0.3 is 10.2 Å². The number of hydrogen-bond acceptors (Lipinski definition) is 4. The predicted octanol–water partition coefficient (Wildman–Crippen LogP) is 3.48. The highest BCUT2D eigenvalue weighted by molar-refractivity contribution is 14.0. The van der Waals surface area contributed by atoms with Crippen LogP contribution in [0.15, 0.2) is 41.7 Å². The van der Waals surface area contributed by atoms with Crippen LogP contribution in [-0.2, 0) is 6.54 Å². The van der Waals surface area contributed by atoms with Crippen LogP contribution in [0.1, 0.15) is 50.4 Å². The van der Waals surface area contributed by atoms with E-state index >= 15 is 0 Å². The number of guanidine groups is 1. The maximum atomic E-state index is 4.92. The van der Waals surface area contributed by atoms with Gasteiger partial charge in [-0.05, 0) is 45.7 Å². The van der Waals surface area contributed by atoms with Crippen LogP contribution in [0, 0.1) is 0 Å². The molecule has 0 saturated carbocycles. The molecule has 1 aromatic carbocycles. The Balaban J connectivity index is 0.00000320. The Morgan fingerprint density at radius 3 is 2.67 bits per heavy atom. The normalized spacial score (nSPS) is 16.4. The number of piperidine rings is 1. The van der Waals surface area contributed by atoms with Crippen LogP contribution in [0.4, 0.5) is 0 Å². The SMILES string of the molecule is CCNC(=NCCC(C)N(C)Cc1ccccc1)N1CCC(c2ncn[nH]2)CC1.I. The average molecular weight is 525 g/mol. The molecule has 1 fully saturated rings. The monoisotopic (exact) mass is 525 g/mol. The zero-order valence-corrected chi connectivity index (χ0v) is 20.8. The molecule has 1 aliphatic heterocycles. The topological polar surface area (TPSA) is 72.4 Å². The quantitative estimate of drug-likeness (QED) is 0.314. The first-order valence-electron chi connectivity index (χ1n) is 10.8. The van der Waals surface area contributed by atoms with E-state index in [0.717, 1.165) is 63.8 Å². The van der Waals surface area contributed by atoms with E-state index in [4.69, 9.17) is 4.99 Å². The third kappa shape index (κ3) is 7.23. The summed E-state index contributed by atoms with van der Waals surface area (Å²) in [6, 6.07) is 11.1. The Hall–Kier alpha value is -1.68. The minimum absolute atomic E-state index is 0. The summed E-state index contributed by atoms with van der Waals surface area (Å²) in [6.45, 7) is 9.12. The number of aliphatic imine (C=N–C) groups is 1. The van der Waals surface area contributed by atoms with Crippen LogP contribution in [0.2, 0.25) is 0 Å². The number of hydrogen-bond donors (Lipinski definition) is 2. The molecule has 166 valence electrons. The lowest BCUT2D eigenvalue weighted by Crippen LogP contribution is -2.45. The molecular formula is C22H36IN7. The van der Waals surface area contributed by atoms with E-state index in [1.807, 2.05) is 0 Å². The van der Waals surface area contributed by atoms with Gasteiger partial charge in [0.2, 0.25) is 0 Å². The summed E-state index contributed by atoms with van der Waals surface area (Å²) >= 11 is 0. The largest absolute Gasteiger partial charge is 0.357 e. The standard InChI is InChI=1S/C22H35N7.HI/c1-4-23-22(29-14-11-20(12-15-29)21-25-17-26-27-21)24-13-10-18(2)28(3)16-19-8-6-5-7-9-19;/h5-9,17-18,20H,4,10-16H2,1-3H3,(H,23,24)(H,25,26,27);1H. The fourth-order valence-corrected chi connectivity index (χ4v) is 3.81. The smallest absolute Gasteiger partial charge is 0.193 e. The highest BCUT2D eigenvalue weighted by Gasteiger charge is 2.24. The van der Waals surface area contributed by atoms with Gasteiger partial charge in [-0.1, -0.05) is 30.3 Å². The Morgan fingerprint density at radius 1 is 1.30 bits per heavy atom. The summed E-state index contributed by atoms with van der Waals surface area (Å²) in [5, 5.41) is 10.5. The van der Waals surface area contributed by atoms with Crippen LogP contribution >= 0.6 is 24.0 Å². The van der Waals surface area contributed by atoms with Crippen molar-refractivity contribution in [1.29, 1.82) is 0 Å². The van der Waals surface area contributed by atoms with E-state index in [2.05, 4.69) is 81.5 Å². The van der Waals surface area contributed by atoms with Crippen molar-refractivity contribution < 1.29 is 0 Å². The summed E-state index contributed by atoms with van der Waals surface area (Å²) < 4.78 is 0. The molecule has 3 rings (SSSR count). The molecule has 2 aromatic rings. The van der Waals surface area contributed by atoms with Crippen LogP contribution in [0.5, 0.6) is 0 Å². The number of halogens is 1. The van der Waals surface area contributed by atoms with Crippen molar-refractivity contribution in [2.24, 2.45) is 4.99 Å². The first-order chi connectivity index (χ1) is 14.2. The summed E-state index contributed by atoms with van der Waals surface area (Å²) in [5.74, 6) is 2.53. The predicted molar refractivity (Wildman–Crippen MR) is 133 cm³/mol. The minimum atomic E-state index is 0. The molecule has 0 aliphatic carbocycles. The Bertz CT molecular complexity index is 727. The van der Waals surface area contributed by atoms with Crippen molar-refractivity contribution in [3.63, 3.8) is 0 Å². The number of nitrogens with zero attached hydrogens (tertiary/aromatic N) is 5. The Labute approximate surface area is 197 Å². The zero-order chi connectivity index (χ0) is 20.5. The minimum Gasteiger partial charge on any atom is -0.357 e. The van der Waals surface area contributed by atoms with Crippen molar-refractivity contribution in [3.05, 3.63) is 48.0 Å². The molecule has 1 unspecified atom stereocenters. The van der Waals surface area contributed by atoms with Crippen molar-refractivity contribution in [1.82, 2.24) is 30.3 Å². The average Bonchev–Trinajstić information content (AvgIpc) is 3.29. The van der Waals surface area contributed by atoms with Gasteiger partial charge in [-0.25, -0.2) is 4.98 Å². The Kier molecular flexibility index (Phi) is 10.6. The van der Waals surface area contributed by atoms with Gasteiger partial charge in [-0.2, -0.15) is 5.10 Å². The second-order valence-electron chi connectivity index (χ2n) is 7.91. The third-order valence-electron chi connectivity index (χ3n) is 5.79. The molecule has 0 radical (unpaired) electrons. The highest BCUT2D eigenvalue weighted by Crippen LogP contribution is 2.24. The molecule has 7 nitrogen and oxygen atoms in total. The first-order valence-corrected chi connectivity index (χ1v) is 10.8. The van der Waals surface area contributed by atoms with Gasteiger partial charge in [0, 0.05) is 44.7 Å². The lowest BCUT2D eigenvalue weighted by atomic mass is 9.96. The number of benzene rings is 1. The second kappa shape index (κ2) is 12.9. The first kappa shape index (κ1) is 24.6. The molecule has 1 saturated heterocycles. The number of nitrogens with one attached hydrogen (secondary N) is 2. The molecular weight excluding hydrogens is 489 g/mol. The van der Waals surface area contributed by atoms with E-state index in [1.54, 1.807) is 6.33 Å². The van der Waals surface area contributed by atoms with E-state index in [9.17, 15) is 0 Å². The molecule has 2 heterocycles. The van der Waals surface area contributed by atoms with Crippen molar-refractivity contribution in [3.8, 4) is 0 Å². The van der Waals surface area contributed by atoms with Gasteiger partial charge in [0.1, 0.15) is 12.2 Å². The highest BCUT2D eigenvalue weighted by atomic mass is 127. The van der Waals surface area contributed by atoms with Crippen LogP contribution in [0.25, 0.3) is 0 Å². The molecule has 2 N–H and O–H groups in total. The number of aromatic nitrogens is 3. The van der Waals surface area contributed by atoms with Crippen LogP contribution in [-0.4, -0.2) is 70.2 Å². The summed E-state index contributed by atoms with van der Waals surface area (Å²) in [6.07, 6.45) is 4.81. The van der Waals surface area contributed by atoms with Gasteiger partial charge >= 0.3 is 0 Å². The van der Waals surface area contributed by atoms with Crippen molar-refractivity contribution in [2.45, 2.75) is 51.6 Å². The second-order valence-corrected chi connectivity index (χ2v) is 7.91. The van der Waals surface area contributed by atoms with Gasteiger partial charge in [0.25, 0.3) is 0 Å². The van der Waals surface area contributed by atoms with E-state index in [1.165, 1.54) is 5.56 Å². The molecule has 1 aliphatic rings. The molecule has 8 heteroatoms. The Morgan fingerprint density at radius 2 is 2.03 bits per heavy atom. The lowest BCUT2D eigenvalue weighted by Gasteiger charge is -2.33. The molecule has 0 amide bonds. The number of aromatic amines is 1. The van der Waals surface area contributed by atoms with Crippen LogP contribution < -0.4 is 5.32 Å². The maximum Gasteiger partial charge on any atom is 0.193 e. The zero-order valence-electron chi connectivity index (χ0n) is 18.4. The van der Waals surface area contributed by atoms with Crippen molar-refractivity contribution >= 4 is 29.9 Å². The van der Waals surface area contributed by atoms with E-state index < -0.39 is 0 Å². The van der Waals surface area contributed by atoms with Crippen LogP contribution in [0.3, 0.4) is 0 Å². The fraction of sp³-hybridized carbons (Fsp3) is 0.591. The van der Waals surface area contributed by atoms with E-state index in [-0.39, 0.29) is 24.0 Å². The number of likely N-dealkylation sites (tertiary alicyclic amines) is 1. The molecule has 0 spiro atoms. The van der Waals surface area contributed by atoms with Gasteiger partial charge in [0.05, 0.1) is 0 Å². The third-order valence-corrected chi connectivity index (χ3v) is 5.79.